The fourth-order valence-corrected chi connectivity index (χ4v) is 1.62. The van der Waals surface area contributed by atoms with Crippen molar-refractivity contribution in [3.63, 3.8) is 0 Å². The highest BCUT2D eigenvalue weighted by molar-refractivity contribution is 7.46. The molecule has 1 aromatic rings. The average Bonchev–Trinajstić information content (AvgIpc) is 2.37. The third kappa shape index (κ3) is 5.24. The predicted molar refractivity (Wildman–Crippen MR) is 72.2 cm³/mol. The topological polar surface area (TPSA) is 150 Å². The molecule has 10 heteroatoms. The average molecular weight is 318 g/mol. The SMILES string of the molecule is Cc1ncc(COP(=O)(O)O)c(C=N[C@@H](C)C(=O)O)c1O. The molecule has 0 fully saturated rings. The van der Waals surface area contributed by atoms with Gasteiger partial charge in [-0.1, -0.05) is 0 Å². The Bertz CT molecular complexity index is 611. The Morgan fingerprint density at radius 3 is 2.71 bits per heavy atom. The summed E-state index contributed by atoms with van der Waals surface area (Å²) in [6.45, 7) is 2.35. The minimum Gasteiger partial charge on any atom is -0.505 e. The van der Waals surface area contributed by atoms with Gasteiger partial charge in [0.25, 0.3) is 0 Å². The molecule has 0 spiro atoms. The van der Waals surface area contributed by atoms with Gasteiger partial charge >= 0.3 is 13.8 Å². The van der Waals surface area contributed by atoms with E-state index >= 15 is 0 Å². The number of phosphoric acid groups is 1. The fourth-order valence-electron chi connectivity index (χ4n) is 1.32. The molecule has 116 valence electrons. The molecule has 21 heavy (non-hydrogen) atoms. The molecular formula is C11H15N2O7P. The van der Waals surface area contributed by atoms with Gasteiger partial charge in [0, 0.05) is 23.5 Å². The molecule has 1 heterocycles. The number of carboxylic acid groups (broad SMARTS) is 1. The number of aryl methyl sites for hydroxylation is 1. The number of hydrogen-bond acceptors (Lipinski definition) is 6. The van der Waals surface area contributed by atoms with E-state index in [0.717, 1.165) is 6.21 Å². The number of aliphatic imine (C=N–C) groups is 1. The molecular weight excluding hydrogens is 303 g/mol. The third-order valence-corrected chi connectivity index (χ3v) is 3.00. The highest BCUT2D eigenvalue weighted by Crippen LogP contribution is 2.37. The molecule has 0 radical (unpaired) electrons. The summed E-state index contributed by atoms with van der Waals surface area (Å²) in [5.74, 6) is -1.41. The van der Waals surface area contributed by atoms with E-state index < -0.39 is 26.4 Å². The van der Waals surface area contributed by atoms with Crippen molar-refractivity contribution in [3.05, 3.63) is 23.0 Å². The monoisotopic (exact) mass is 318 g/mol. The van der Waals surface area contributed by atoms with Gasteiger partial charge in [0.1, 0.15) is 11.8 Å². The van der Waals surface area contributed by atoms with E-state index in [1.165, 1.54) is 20.0 Å². The van der Waals surface area contributed by atoms with Crippen molar-refractivity contribution < 1.29 is 33.9 Å². The van der Waals surface area contributed by atoms with Crippen LogP contribution in [0.25, 0.3) is 0 Å². The van der Waals surface area contributed by atoms with E-state index in [4.69, 9.17) is 14.9 Å². The number of rotatable bonds is 6. The van der Waals surface area contributed by atoms with Crippen LogP contribution in [0.1, 0.15) is 23.7 Å². The lowest BCUT2D eigenvalue weighted by molar-refractivity contribution is -0.137. The van der Waals surface area contributed by atoms with Gasteiger partial charge in [-0.25, -0.2) is 9.36 Å². The van der Waals surface area contributed by atoms with Crippen LogP contribution >= 0.6 is 7.82 Å². The minimum absolute atomic E-state index is 0.101. The molecule has 0 amide bonds. The summed E-state index contributed by atoms with van der Waals surface area (Å²) in [5, 5.41) is 18.7. The van der Waals surface area contributed by atoms with Crippen LogP contribution in [0.3, 0.4) is 0 Å². The summed E-state index contributed by atoms with van der Waals surface area (Å²) in [4.78, 5) is 35.6. The quantitative estimate of drug-likeness (QED) is 0.440. The first-order chi connectivity index (χ1) is 9.61. The Morgan fingerprint density at radius 2 is 2.19 bits per heavy atom. The van der Waals surface area contributed by atoms with Crippen LogP contribution in [0.5, 0.6) is 5.75 Å². The first kappa shape index (κ1) is 17.3. The summed E-state index contributed by atoms with van der Waals surface area (Å²) in [7, 11) is -4.68. The lowest BCUT2D eigenvalue weighted by Gasteiger charge is -2.11. The van der Waals surface area contributed by atoms with Gasteiger partial charge in [-0.2, -0.15) is 0 Å². The molecule has 0 unspecified atom stereocenters. The van der Waals surface area contributed by atoms with Crippen molar-refractivity contribution in [2.75, 3.05) is 0 Å². The summed E-state index contributed by atoms with van der Waals surface area (Å²) in [5.41, 5.74) is 0.533. The summed E-state index contributed by atoms with van der Waals surface area (Å²) in [6.07, 6.45) is 2.37. The normalized spacial score (nSPS) is 13.5. The first-order valence-electron chi connectivity index (χ1n) is 5.75. The Labute approximate surface area is 120 Å². The standard InChI is InChI=1S/C11H15N2O7P/c1-6-10(14)9(4-13-7(2)11(15)16)8(3-12-6)5-20-21(17,18)19/h3-4,7,14H,5H2,1-2H3,(H,15,16)(H2,17,18,19)/t7-/m0/s1. The Kier molecular flexibility index (Phi) is 5.56. The van der Waals surface area contributed by atoms with E-state index in [9.17, 15) is 14.5 Å². The van der Waals surface area contributed by atoms with Crippen LogP contribution in [0.15, 0.2) is 11.2 Å². The fraction of sp³-hybridized carbons (Fsp3) is 0.364. The van der Waals surface area contributed by atoms with E-state index in [-0.39, 0.29) is 22.6 Å². The maximum Gasteiger partial charge on any atom is 0.469 e. The zero-order valence-electron chi connectivity index (χ0n) is 11.3. The van der Waals surface area contributed by atoms with Gasteiger partial charge < -0.3 is 20.0 Å². The largest absolute Gasteiger partial charge is 0.505 e. The van der Waals surface area contributed by atoms with Crippen molar-refractivity contribution >= 4 is 20.0 Å². The molecule has 4 N–H and O–H groups in total. The minimum atomic E-state index is -4.68. The Balaban J connectivity index is 3.12. The lowest BCUT2D eigenvalue weighted by atomic mass is 10.1. The number of hydrogen-bond donors (Lipinski definition) is 4. The molecule has 1 atom stereocenters. The maximum atomic E-state index is 10.7. The molecule has 0 saturated carbocycles. The van der Waals surface area contributed by atoms with E-state index in [0.29, 0.717) is 0 Å². The molecule has 0 aliphatic carbocycles. The van der Waals surface area contributed by atoms with Gasteiger partial charge in [-0.05, 0) is 13.8 Å². The summed E-state index contributed by atoms with van der Waals surface area (Å²) in [6, 6.07) is -1.03. The van der Waals surface area contributed by atoms with Crippen molar-refractivity contribution in [3.8, 4) is 5.75 Å². The van der Waals surface area contributed by atoms with Crippen molar-refractivity contribution in [2.24, 2.45) is 4.99 Å². The second-order valence-corrected chi connectivity index (χ2v) is 5.43. The van der Waals surface area contributed by atoms with Crippen LogP contribution < -0.4 is 0 Å². The molecule has 9 nitrogen and oxygen atoms in total. The van der Waals surface area contributed by atoms with Crippen LogP contribution in [-0.4, -0.2) is 43.2 Å². The molecule has 0 aliphatic rings. The number of pyridine rings is 1. The highest BCUT2D eigenvalue weighted by Gasteiger charge is 2.18. The number of aliphatic carboxylic acids is 1. The van der Waals surface area contributed by atoms with E-state index in [1.54, 1.807) is 0 Å². The second kappa shape index (κ2) is 6.77. The Morgan fingerprint density at radius 1 is 1.57 bits per heavy atom. The van der Waals surface area contributed by atoms with Crippen LogP contribution in [0.4, 0.5) is 0 Å². The molecule has 0 bridgehead atoms. The molecule has 1 rings (SSSR count). The number of aromatic hydroxyl groups is 1. The maximum absolute atomic E-state index is 10.7. The molecule has 0 aliphatic heterocycles. The van der Waals surface area contributed by atoms with Gasteiger partial charge in [0.15, 0.2) is 0 Å². The van der Waals surface area contributed by atoms with Gasteiger partial charge in [0.05, 0.1) is 12.3 Å². The smallest absolute Gasteiger partial charge is 0.469 e. The first-order valence-corrected chi connectivity index (χ1v) is 7.28. The van der Waals surface area contributed by atoms with Gasteiger partial charge in [-0.3, -0.25) is 14.5 Å². The molecule has 0 saturated heterocycles. The number of nitrogens with zero attached hydrogens (tertiary/aromatic N) is 2. The number of aromatic nitrogens is 1. The number of carboxylic acids is 1. The van der Waals surface area contributed by atoms with Gasteiger partial charge in [0.2, 0.25) is 0 Å². The highest BCUT2D eigenvalue weighted by atomic mass is 31.2. The summed E-state index contributed by atoms with van der Waals surface area (Å²) >= 11 is 0. The van der Waals surface area contributed by atoms with Crippen molar-refractivity contribution in [2.45, 2.75) is 26.5 Å². The molecule has 1 aromatic heterocycles. The zero-order chi connectivity index (χ0) is 16.2. The zero-order valence-corrected chi connectivity index (χ0v) is 12.2. The molecule has 0 aromatic carbocycles. The van der Waals surface area contributed by atoms with Gasteiger partial charge in [-0.15, -0.1) is 0 Å². The Hall–Kier alpha value is -1.80. The second-order valence-electron chi connectivity index (χ2n) is 4.19. The predicted octanol–water partition coefficient (Wildman–Crippen LogP) is 0.597. The summed E-state index contributed by atoms with van der Waals surface area (Å²) < 4.78 is 15.0. The van der Waals surface area contributed by atoms with Crippen LogP contribution in [0, 0.1) is 6.92 Å². The van der Waals surface area contributed by atoms with Crippen molar-refractivity contribution in [1.82, 2.24) is 4.98 Å². The third-order valence-electron chi connectivity index (χ3n) is 2.53. The van der Waals surface area contributed by atoms with Crippen molar-refractivity contribution in [1.29, 1.82) is 0 Å². The van der Waals surface area contributed by atoms with E-state index in [2.05, 4.69) is 14.5 Å². The lowest BCUT2D eigenvalue weighted by Crippen LogP contribution is -2.13. The number of phosphoric ester groups is 1. The van der Waals surface area contributed by atoms with E-state index in [1.807, 2.05) is 0 Å². The van der Waals surface area contributed by atoms with Crippen LogP contribution in [-0.2, 0) is 20.5 Å². The van der Waals surface area contributed by atoms with Crippen LogP contribution in [0.2, 0.25) is 0 Å². The number of carbonyl (C=O) groups is 1.